The van der Waals surface area contributed by atoms with Gasteiger partial charge in [-0.3, -0.25) is 14.9 Å². The molecule has 1 N–H and O–H groups in total. The first-order valence-corrected chi connectivity index (χ1v) is 11.6. The maximum absolute atomic E-state index is 13.2. The van der Waals surface area contributed by atoms with E-state index in [0.29, 0.717) is 39.2 Å². The molecule has 0 unspecified atom stereocenters. The summed E-state index contributed by atoms with van der Waals surface area (Å²) < 4.78 is 5.85. The monoisotopic (exact) mass is 508 g/mol. The van der Waals surface area contributed by atoms with Crippen LogP contribution >= 0.6 is 23.2 Å². The largest absolute Gasteiger partial charge is 0.487 e. The number of benzene rings is 3. The molecule has 8 heteroatoms. The smallest absolute Gasteiger partial charge is 0.335 e. The lowest BCUT2D eigenvalue weighted by molar-refractivity contribution is -0.122. The molecule has 0 bridgehead atoms. The average Bonchev–Trinajstić information content (AvgIpc) is 2.81. The van der Waals surface area contributed by atoms with E-state index in [2.05, 4.69) is 11.4 Å². The van der Waals surface area contributed by atoms with Crippen LogP contribution in [0.1, 0.15) is 27.8 Å². The fraction of sp³-hybridized carbons (Fsp3) is 0.148. The normalized spacial score (nSPS) is 14.9. The van der Waals surface area contributed by atoms with E-state index in [1.165, 1.54) is 17.2 Å². The van der Waals surface area contributed by atoms with Crippen molar-refractivity contribution in [2.75, 3.05) is 4.90 Å². The van der Waals surface area contributed by atoms with E-state index in [9.17, 15) is 14.4 Å². The number of urea groups is 1. The van der Waals surface area contributed by atoms with Crippen molar-refractivity contribution in [1.82, 2.24) is 5.32 Å². The number of nitrogens with zero attached hydrogens (tertiary/aromatic N) is 1. The van der Waals surface area contributed by atoms with Crippen LogP contribution in [0.15, 0.2) is 60.2 Å². The first-order chi connectivity index (χ1) is 16.7. The van der Waals surface area contributed by atoms with E-state index < -0.39 is 17.8 Å². The van der Waals surface area contributed by atoms with Gasteiger partial charge in [-0.25, -0.2) is 9.69 Å². The van der Waals surface area contributed by atoms with Crippen molar-refractivity contribution < 1.29 is 19.1 Å². The van der Waals surface area contributed by atoms with Gasteiger partial charge in [-0.1, -0.05) is 53.5 Å². The Kier molecular flexibility index (Phi) is 6.96. The number of hydrogen-bond acceptors (Lipinski definition) is 4. The number of carbonyl (C=O) groups is 3. The highest BCUT2D eigenvalue weighted by Crippen LogP contribution is 2.31. The van der Waals surface area contributed by atoms with E-state index in [-0.39, 0.29) is 5.57 Å². The molecule has 0 saturated carbocycles. The summed E-state index contributed by atoms with van der Waals surface area (Å²) in [5, 5.41) is 2.93. The van der Waals surface area contributed by atoms with Gasteiger partial charge < -0.3 is 4.74 Å². The Bertz CT molecular complexity index is 1400. The summed E-state index contributed by atoms with van der Waals surface area (Å²) in [6.07, 6.45) is 1.38. The van der Waals surface area contributed by atoms with Crippen LogP contribution in [0.25, 0.3) is 6.08 Å². The second kappa shape index (κ2) is 9.94. The molecule has 0 spiro atoms. The summed E-state index contributed by atoms with van der Waals surface area (Å²) >= 11 is 12.6. The van der Waals surface area contributed by atoms with E-state index in [1.807, 2.05) is 26.0 Å². The van der Waals surface area contributed by atoms with Gasteiger partial charge in [-0.2, -0.15) is 0 Å². The summed E-state index contributed by atoms with van der Waals surface area (Å²) in [6, 6.07) is 15.1. The third-order valence-electron chi connectivity index (χ3n) is 5.81. The van der Waals surface area contributed by atoms with Gasteiger partial charge in [0.25, 0.3) is 11.8 Å². The van der Waals surface area contributed by atoms with Crippen molar-refractivity contribution in [1.29, 1.82) is 0 Å². The zero-order chi connectivity index (χ0) is 25.3. The lowest BCUT2D eigenvalue weighted by Gasteiger charge is -2.27. The zero-order valence-corrected chi connectivity index (χ0v) is 20.8. The number of nitrogens with one attached hydrogen (secondary N) is 1. The standard InChI is InChI=1S/C27H22Cl2N2O4/c1-15-7-8-19(11-16(15)2)14-35-24-10-9-18(13-22(24)29)12-20-25(32)30-27(34)31(26(20)33)23-6-4-5-21(28)17(23)3/h4-13H,14H2,1-3H3,(H,30,32,34)/b20-12+. The molecule has 4 amide bonds. The summed E-state index contributed by atoms with van der Waals surface area (Å²) in [6.45, 7) is 6.12. The van der Waals surface area contributed by atoms with E-state index in [1.54, 1.807) is 43.3 Å². The topological polar surface area (TPSA) is 75.7 Å². The van der Waals surface area contributed by atoms with Crippen LogP contribution in [0.2, 0.25) is 10.0 Å². The molecule has 0 aliphatic carbocycles. The molecule has 0 radical (unpaired) electrons. The quantitative estimate of drug-likeness (QED) is 0.330. The van der Waals surface area contributed by atoms with Crippen LogP contribution < -0.4 is 15.0 Å². The molecule has 3 aromatic rings. The van der Waals surface area contributed by atoms with Crippen LogP contribution in [0.5, 0.6) is 5.75 Å². The molecule has 1 saturated heterocycles. The van der Waals surface area contributed by atoms with Crippen LogP contribution in [0, 0.1) is 20.8 Å². The second-order valence-electron chi connectivity index (χ2n) is 8.24. The molecule has 0 atom stereocenters. The summed E-state index contributed by atoms with van der Waals surface area (Å²) in [5.41, 5.74) is 4.53. The van der Waals surface area contributed by atoms with Gasteiger partial charge in [0.15, 0.2) is 0 Å². The highest BCUT2D eigenvalue weighted by Gasteiger charge is 2.37. The van der Waals surface area contributed by atoms with Crippen LogP contribution in [0.3, 0.4) is 0 Å². The van der Waals surface area contributed by atoms with E-state index >= 15 is 0 Å². The number of aryl methyl sites for hydroxylation is 2. The molecule has 0 aromatic heterocycles. The molecule has 178 valence electrons. The summed E-state index contributed by atoms with van der Waals surface area (Å²) in [5.74, 6) is -1.07. The molecular weight excluding hydrogens is 487 g/mol. The number of carbonyl (C=O) groups excluding carboxylic acids is 3. The van der Waals surface area contributed by atoms with Crippen LogP contribution in [-0.4, -0.2) is 17.8 Å². The van der Waals surface area contributed by atoms with Crippen LogP contribution in [-0.2, 0) is 16.2 Å². The van der Waals surface area contributed by atoms with E-state index in [4.69, 9.17) is 27.9 Å². The van der Waals surface area contributed by atoms with Gasteiger partial charge in [0.2, 0.25) is 0 Å². The first-order valence-electron chi connectivity index (χ1n) is 10.8. The third kappa shape index (κ3) is 5.09. The SMILES string of the molecule is Cc1ccc(COc2ccc(/C=C3\C(=O)NC(=O)N(c4cccc(Cl)c4C)C3=O)cc2Cl)cc1C. The number of amides is 4. The van der Waals surface area contributed by atoms with Gasteiger partial charge in [0.05, 0.1) is 10.7 Å². The molecular formula is C27H22Cl2N2O4. The molecule has 1 fully saturated rings. The highest BCUT2D eigenvalue weighted by molar-refractivity contribution is 6.40. The fourth-order valence-corrected chi connectivity index (χ4v) is 4.07. The van der Waals surface area contributed by atoms with E-state index in [0.717, 1.165) is 10.5 Å². The number of halogens is 2. The Morgan fingerprint density at radius 1 is 0.914 bits per heavy atom. The molecule has 1 aliphatic rings. The Morgan fingerprint density at radius 3 is 2.40 bits per heavy atom. The van der Waals surface area contributed by atoms with Crippen molar-refractivity contribution in [3.63, 3.8) is 0 Å². The van der Waals surface area contributed by atoms with Crippen molar-refractivity contribution >= 4 is 52.8 Å². The molecule has 4 rings (SSSR count). The van der Waals surface area contributed by atoms with Crippen molar-refractivity contribution in [3.05, 3.63) is 98.0 Å². The highest BCUT2D eigenvalue weighted by atomic mass is 35.5. The Morgan fingerprint density at radius 2 is 1.69 bits per heavy atom. The minimum Gasteiger partial charge on any atom is -0.487 e. The van der Waals surface area contributed by atoms with Gasteiger partial charge in [0.1, 0.15) is 17.9 Å². The number of ether oxygens (including phenoxy) is 1. The Hall–Kier alpha value is -3.61. The predicted octanol–water partition coefficient (Wildman–Crippen LogP) is 6.16. The van der Waals surface area contributed by atoms with Gasteiger partial charge in [0, 0.05) is 5.02 Å². The molecule has 3 aromatic carbocycles. The van der Waals surface area contributed by atoms with Gasteiger partial charge in [-0.05, 0) is 78.9 Å². The summed E-state index contributed by atoms with van der Waals surface area (Å²) in [4.78, 5) is 39.0. The Balaban J connectivity index is 1.58. The average molecular weight is 509 g/mol. The minimum absolute atomic E-state index is 0.205. The fourth-order valence-electron chi connectivity index (χ4n) is 3.66. The number of hydrogen-bond donors (Lipinski definition) is 1. The number of rotatable bonds is 5. The first kappa shape index (κ1) is 24.5. The lowest BCUT2D eigenvalue weighted by atomic mass is 10.1. The maximum Gasteiger partial charge on any atom is 0.335 e. The van der Waals surface area contributed by atoms with Crippen molar-refractivity contribution in [2.24, 2.45) is 0 Å². The Labute approximate surface area is 213 Å². The lowest BCUT2D eigenvalue weighted by Crippen LogP contribution is -2.54. The van der Waals surface area contributed by atoms with Gasteiger partial charge >= 0.3 is 6.03 Å². The summed E-state index contributed by atoms with van der Waals surface area (Å²) in [7, 11) is 0. The zero-order valence-electron chi connectivity index (χ0n) is 19.3. The third-order valence-corrected chi connectivity index (χ3v) is 6.52. The number of imide groups is 2. The molecule has 1 aliphatic heterocycles. The van der Waals surface area contributed by atoms with Crippen LogP contribution in [0.4, 0.5) is 10.5 Å². The number of barbiturate groups is 1. The molecule has 6 nitrogen and oxygen atoms in total. The second-order valence-corrected chi connectivity index (χ2v) is 9.05. The predicted molar refractivity (Wildman–Crippen MR) is 137 cm³/mol. The number of anilines is 1. The molecule has 35 heavy (non-hydrogen) atoms. The van der Waals surface area contributed by atoms with Crippen molar-refractivity contribution in [3.8, 4) is 5.75 Å². The molecule has 1 heterocycles. The van der Waals surface area contributed by atoms with Gasteiger partial charge in [-0.15, -0.1) is 0 Å². The minimum atomic E-state index is -0.837. The van der Waals surface area contributed by atoms with Crippen molar-refractivity contribution in [2.45, 2.75) is 27.4 Å². The maximum atomic E-state index is 13.2.